The zero-order valence-corrected chi connectivity index (χ0v) is 19.5. The molecule has 1 saturated heterocycles. The second-order valence-corrected chi connectivity index (χ2v) is 7.36. The van der Waals surface area contributed by atoms with Gasteiger partial charge < -0.3 is 15.4 Å². The highest BCUT2D eigenvalue weighted by Crippen LogP contribution is 2.21. The van der Waals surface area contributed by atoms with E-state index in [0.717, 1.165) is 74.6 Å². The summed E-state index contributed by atoms with van der Waals surface area (Å²) in [6.45, 7) is 9.34. The Kier molecular flexibility index (Phi) is 10.8. The number of ether oxygens (including phenoxy) is 1. The molecule has 0 saturated carbocycles. The number of nitrogens with zero attached hydrogens (tertiary/aromatic N) is 3. The van der Waals surface area contributed by atoms with Gasteiger partial charge in [-0.1, -0.05) is 30.3 Å². The third-order valence-corrected chi connectivity index (χ3v) is 5.22. The van der Waals surface area contributed by atoms with Crippen LogP contribution in [0.15, 0.2) is 40.7 Å². The lowest BCUT2D eigenvalue weighted by Gasteiger charge is -2.26. The van der Waals surface area contributed by atoms with Gasteiger partial charge in [0.15, 0.2) is 5.96 Å². The number of aromatic nitrogens is 1. The summed E-state index contributed by atoms with van der Waals surface area (Å²) in [6.07, 6.45) is 1.10. The summed E-state index contributed by atoms with van der Waals surface area (Å²) in [6, 6.07) is 10.3. The Hall–Kier alpha value is -1.23. The van der Waals surface area contributed by atoms with Crippen molar-refractivity contribution >= 4 is 41.3 Å². The monoisotopic (exact) mass is 515 g/mol. The molecule has 28 heavy (non-hydrogen) atoms. The van der Waals surface area contributed by atoms with Crippen LogP contribution in [-0.4, -0.2) is 61.8 Å². The Labute approximate surface area is 188 Å². The van der Waals surface area contributed by atoms with Crippen molar-refractivity contribution in [3.8, 4) is 11.3 Å². The molecule has 3 rings (SSSR count). The summed E-state index contributed by atoms with van der Waals surface area (Å²) < 4.78 is 5.39. The molecule has 2 N–H and O–H groups in total. The molecule has 1 aliphatic rings. The van der Waals surface area contributed by atoms with E-state index in [9.17, 15) is 0 Å². The molecule has 1 aliphatic heterocycles. The van der Waals surface area contributed by atoms with Gasteiger partial charge in [0.1, 0.15) is 5.01 Å². The molecular formula is C20H30IN5OS. The minimum atomic E-state index is 0. The fourth-order valence-electron chi connectivity index (χ4n) is 2.95. The first-order valence-corrected chi connectivity index (χ1v) is 10.5. The van der Waals surface area contributed by atoms with E-state index in [4.69, 9.17) is 9.72 Å². The fourth-order valence-corrected chi connectivity index (χ4v) is 3.67. The van der Waals surface area contributed by atoms with Crippen LogP contribution in [0.5, 0.6) is 0 Å². The van der Waals surface area contributed by atoms with Crippen molar-refractivity contribution < 1.29 is 4.74 Å². The van der Waals surface area contributed by atoms with Gasteiger partial charge >= 0.3 is 0 Å². The lowest BCUT2D eigenvalue weighted by atomic mass is 10.2. The number of morpholine rings is 1. The standard InChI is InChI=1S/C20H29N5OS.HI/c1-2-21-20(22-9-6-10-25-11-13-26-14-12-25)23-15-19-24-18(16-27-19)17-7-4-3-5-8-17;/h3-5,7-8,16H,2,6,9-15H2,1H3,(H2,21,22,23);1H. The Balaban J connectivity index is 0.00000280. The maximum absolute atomic E-state index is 5.39. The average Bonchev–Trinajstić information content (AvgIpc) is 3.20. The van der Waals surface area contributed by atoms with Crippen molar-refractivity contribution in [2.75, 3.05) is 45.9 Å². The van der Waals surface area contributed by atoms with Gasteiger partial charge in [0.05, 0.1) is 25.5 Å². The van der Waals surface area contributed by atoms with Crippen LogP contribution in [0, 0.1) is 0 Å². The van der Waals surface area contributed by atoms with Gasteiger partial charge in [-0.3, -0.25) is 4.90 Å². The third kappa shape index (κ3) is 7.65. The molecule has 1 aromatic carbocycles. The zero-order valence-electron chi connectivity index (χ0n) is 16.4. The molecule has 0 bridgehead atoms. The fraction of sp³-hybridized carbons (Fsp3) is 0.500. The predicted molar refractivity (Wildman–Crippen MR) is 128 cm³/mol. The average molecular weight is 515 g/mol. The molecule has 154 valence electrons. The SMILES string of the molecule is CCNC(=NCc1nc(-c2ccccc2)cs1)NCCCN1CCOCC1.I. The number of nitrogens with one attached hydrogen (secondary N) is 2. The van der Waals surface area contributed by atoms with Crippen molar-refractivity contribution in [2.24, 2.45) is 4.99 Å². The summed E-state index contributed by atoms with van der Waals surface area (Å²) in [4.78, 5) is 11.8. The number of hydrogen-bond acceptors (Lipinski definition) is 5. The van der Waals surface area contributed by atoms with Gasteiger partial charge in [-0.05, 0) is 19.9 Å². The van der Waals surface area contributed by atoms with E-state index in [1.807, 2.05) is 18.2 Å². The van der Waals surface area contributed by atoms with E-state index in [0.29, 0.717) is 6.54 Å². The van der Waals surface area contributed by atoms with Crippen molar-refractivity contribution in [2.45, 2.75) is 19.9 Å². The molecule has 0 atom stereocenters. The first kappa shape index (κ1) is 23.1. The Morgan fingerprint density at radius 1 is 1.21 bits per heavy atom. The predicted octanol–water partition coefficient (Wildman–Crippen LogP) is 3.21. The molecule has 0 amide bonds. The maximum atomic E-state index is 5.39. The van der Waals surface area contributed by atoms with Crippen molar-refractivity contribution in [1.82, 2.24) is 20.5 Å². The Morgan fingerprint density at radius 2 is 2.00 bits per heavy atom. The molecule has 0 spiro atoms. The minimum Gasteiger partial charge on any atom is -0.379 e. The first-order valence-electron chi connectivity index (χ1n) is 9.67. The highest BCUT2D eigenvalue weighted by atomic mass is 127. The molecule has 8 heteroatoms. The Morgan fingerprint density at radius 3 is 2.75 bits per heavy atom. The van der Waals surface area contributed by atoms with Gasteiger partial charge in [0.2, 0.25) is 0 Å². The number of aliphatic imine (C=N–C) groups is 1. The molecule has 2 aromatic rings. The topological polar surface area (TPSA) is 61.8 Å². The van der Waals surface area contributed by atoms with E-state index < -0.39 is 0 Å². The van der Waals surface area contributed by atoms with Crippen LogP contribution in [0.4, 0.5) is 0 Å². The zero-order chi connectivity index (χ0) is 18.7. The number of guanidine groups is 1. The van der Waals surface area contributed by atoms with Crippen molar-refractivity contribution in [3.63, 3.8) is 0 Å². The van der Waals surface area contributed by atoms with Gasteiger partial charge in [-0.15, -0.1) is 35.3 Å². The van der Waals surface area contributed by atoms with Crippen LogP contribution in [0.1, 0.15) is 18.4 Å². The molecule has 2 heterocycles. The second-order valence-electron chi connectivity index (χ2n) is 6.42. The minimum absolute atomic E-state index is 0. The number of halogens is 1. The van der Waals surface area contributed by atoms with Crippen molar-refractivity contribution in [1.29, 1.82) is 0 Å². The highest BCUT2D eigenvalue weighted by Gasteiger charge is 2.09. The van der Waals surface area contributed by atoms with Crippen molar-refractivity contribution in [3.05, 3.63) is 40.7 Å². The summed E-state index contributed by atoms with van der Waals surface area (Å²) in [7, 11) is 0. The number of benzene rings is 1. The summed E-state index contributed by atoms with van der Waals surface area (Å²) in [5.41, 5.74) is 2.17. The molecule has 6 nitrogen and oxygen atoms in total. The molecule has 0 radical (unpaired) electrons. The van der Waals surface area contributed by atoms with Gasteiger partial charge in [0, 0.05) is 37.1 Å². The quantitative estimate of drug-likeness (QED) is 0.245. The Bertz CT molecular complexity index is 704. The largest absolute Gasteiger partial charge is 0.379 e. The summed E-state index contributed by atoms with van der Waals surface area (Å²) >= 11 is 1.66. The summed E-state index contributed by atoms with van der Waals surface area (Å²) in [5.74, 6) is 0.857. The van der Waals surface area contributed by atoms with Crippen LogP contribution in [0.3, 0.4) is 0 Å². The van der Waals surface area contributed by atoms with Crippen LogP contribution in [0.2, 0.25) is 0 Å². The normalized spacial score (nSPS) is 15.1. The maximum Gasteiger partial charge on any atom is 0.191 e. The van der Waals surface area contributed by atoms with E-state index in [1.165, 1.54) is 0 Å². The molecule has 1 aromatic heterocycles. The lowest BCUT2D eigenvalue weighted by molar-refractivity contribution is 0.0376. The summed E-state index contributed by atoms with van der Waals surface area (Å²) in [5, 5.41) is 9.87. The van der Waals surface area contributed by atoms with Crippen LogP contribution >= 0.6 is 35.3 Å². The highest BCUT2D eigenvalue weighted by molar-refractivity contribution is 14.0. The number of rotatable bonds is 8. The van der Waals surface area contributed by atoms with Gasteiger partial charge in [-0.25, -0.2) is 9.98 Å². The van der Waals surface area contributed by atoms with Gasteiger partial charge in [0.25, 0.3) is 0 Å². The van der Waals surface area contributed by atoms with E-state index >= 15 is 0 Å². The van der Waals surface area contributed by atoms with Crippen LogP contribution in [0.25, 0.3) is 11.3 Å². The van der Waals surface area contributed by atoms with Crippen LogP contribution < -0.4 is 10.6 Å². The first-order chi connectivity index (χ1) is 13.3. The van der Waals surface area contributed by atoms with E-state index in [-0.39, 0.29) is 24.0 Å². The van der Waals surface area contributed by atoms with Gasteiger partial charge in [-0.2, -0.15) is 0 Å². The molecule has 0 aliphatic carbocycles. The molecule has 1 fully saturated rings. The number of thiazole rings is 1. The van der Waals surface area contributed by atoms with Crippen LogP contribution in [-0.2, 0) is 11.3 Å². The third-order valence-electron chi connectivity index (χ3n) is 4.39. The van der Waals surface area contributed by atoms with E-state index in [1.54, 1.807) is 11.3 Å². The number of hydrogen-bond donors (Lipinski definition) is 2. The molecular weight excluding hydrogens is 485 g/mol. The van der Waals surface area contributed by atoms with E-state index in [2.05, 4.69) is 45.0 Å². The lowest BCUT2D eigenvalue weighted by Crippen LogP contribution is -2.40. The second kappa shape index (κ2) is 13.1. The smallest absolute Gasteiger partial charge is 0.191 e. The molecule has 0 unspecified atom stereocenters.